The molecule has 1 heterocycles. The first-order valence-corrected chi connectivity index (χ1v) is 5.08. The van der Waals surface area contributed by atoms with Crippen LogP contribution in [-0.4, -0.2) is 12.3 Å². The zero-order valence-electron chi connectivity index (χ0n) is 8.36. The quantitative estimate of drug-likeness (QED) is 0.731. The molecule has 1 saturated heterocycles. The third-order valence-electron chi connectivity index (χ3n) is 2.83. The molecule has 0 radical (unpaired) electrons. The Morgan fingerprint density at radius 1 is 1.29 bits per heavy atom. The van der Waals surface area contributed by atoms with E-state index in [0.29, 0.717) is 12.2 Å². The number of ketones is 1. The van der Waals surface area contributed by atoms with Gasteiger partial charge in [-0.3, -0.25) is 4.79 Å². The first kappa shape index (κ1) is 9.41. The summed E-state index contributed by atoms with van der Waals surface area (Å²) >= 11 is 0. The zero-order valence-corrected chi connectivity index (χ0v) is 8.36. The number of Topliss-reactive ketones (excluding diaryl/α,β-unsaturated/α-hetero) is 1. The van der Waals surface area contributed by atoms with Crippen LogP contribution < -0.4 is 5.32 Å². The van der Waals surface area contributed by atoms with Crippen molar-refractivity contribution in [3.8, 4) is 0 Å². The van der Waals surface area contributed by atoms with Crippen molar-refractivity contribution in [2.45, 2.75) is 19.4 Å². The summed E-state index contributed by atoms with van der Waals surface area (Å²) in [7, 11) is 0. The van der Waals surface area contributed by atoms with Crippen molar-refractivity contribution in [1.29, 1.82) is 0 Å². The van der Waals surface area contributed by atoms with Gasteiger partial charge in [0, 0.05) is 24.9 Å². The van der Waals surface area contributed by atoms with E-state index in [9.17, 15) is 4.79 Å². The molecule has 1 fully saturated rings. The maximum Gasteiger partial charge on any atom is 0.138 e. The average Bonchev–Trinajstić information content (AvgIpc) is 2.23. The maximum absolute atomic E-state index is 11.5. The maximum atomic E-state index is 11.5. The van der Waals surface area contributed by atoms with Crippen molar-refractivity contribution in [1.82, 2.24) is 5.32 Å². The van der Waals surface area contributed by atoms with E-state index in [0.717, 1.165) is 6.54 Å². The van der Waals surface area contributed by atoms with Crippen LogP contribution in [0, 0.1) is 5.92 Å². The molecule has 1 unspecified atom stereocenters. The molecule has 14 heavy (non-hydrogen) atoms. The second-order valence-corrected chi connectivity index (χ2v) is 3.94. The fourth-order valence-corrected chi connectivity index (χ4v) is 1.83. The Hall–Kier alpha value is -1.15. The molecule has 2 rings (SSSR count). The Morgan fingerprint density at radius 2 is 2.00 bits per heavy atom. The number of rotatable bonds is 1. The van der Waals surface area contributed by atoms with Crippen LogP contribution in [0.3, 0.4) is 0 Å². The smallest absolute Gasteiger partial charge is 0.138 e. The minimum absolute atomic E-state index is 0.176. The fourth-order valence-electron chi connectivity index (χ4n) is 1.83. The number of carbonyl (C=O) groups is 1. The van der Waals surface area contributed by atoms with E-state index in [1.54, 1.807) is 0 Å². The zero-order chi connectivity index (χ0) is 9.97. The molecule has 1 aromatic carbocycles. The second-order valence-electron chi connectivity index (χ2n) is 3.94. The molecule has 2 heteroatoms. The molecule has 0 bridgehead atoms. The minimum atomic E-state index is 0.176. The largest absolute Gasteiger partial charge is 0.309 e. The van der Waals surface area contributed by atoms with Gasteiger partial charge in [-0.2, -0.15) is 0 Å². The van der Waals surface area contributed by atoms with E-state index in [4.69, 9.17) is 0 Å². The van der Waals surface area contributed by atoms with Crippen molar-refractivity contribution in [2.24, 2.45) is 5.92 Å². The van der Waals surface area contributed by atoms with Crippen LogP contribution in [0.25, 0.3) is 0 Å². The summed E-state index contributed by atoms with van der Waals surface area (Å²) < 4.78 is 0. The molecular weight excluding hydrogens is 174 g/mol. The first-order valence-electron chi connectivity index (χ1n) is 5.08. The molecule has 0 amide bonds. The van der Waals surface area contributed by atoms with E-state index < -0.39 is 0 Å². The lowest BCUT2D eigenvalue weighted by atomic mass is 9.91. The molecule has 0 aliphatic carbocycles. The van der Waals surface area contributed by atoms with Crippen LogP contribution in [-0.2, 0) is 4.79 Å². The van der Waals surface area contributed by atoms with Gasteiger partial charge in [0.25, 0.3) is 0 Å². The van der Waals surface area contributed by atoms with Crippen molar-refractivity contribution < 1.29 is 4.79 Å². The summed E-state index contributed by atoms with van der Waals surface area (Å²) in [6.07, 6.45) is 0.630. The van der Waals surface area contributed by atoms with Crippen molar-refractivity contribution in [2.75, 3.05) is 6.54 Å². The Balaban J connectivity index is 2.11. The number of piperidine rings is 1. The van der Waals surface area contributed by atoms with Gasteiger partial charge in [-0.15, -0.1) is 0 Å². The predicted octanol–water partition coefficient (Wildman–Crippen LogP) is 1.93. The van der Waals surface area contributed by atoms with Crippen LogP contribution in [0.5, 0.6) is 0 Å². The summed E-state index contributed by atoms with van der Waals surface area (Å²) in [5, 5.41) is 3.39. The van der Waals surface area contributed by atoms with E-state index in [-0.39, 0.29) is 12.0 Å². The highest BCUT2D eigenvalue weighted by atomic mass is 16.1. The molecule has 0 spiro atoms. The van der Waals surface area contributed by atoms with Crippen LogP contribution in [0.4, 0.5) is 0 Å². The third-order valence-corrected chi connectivity index (χ3v) is 2.83. The standard InChI is InChI=1S/C12H15NO/c1-9-8-13-11(7-12(9)14)10-5-3-2-4-6-10/h2-6,9,11,13H,7-8H2,1H3/t9?,11-/m1/s1. The Kier molecular flexibility index (Phi) is 2.64. The molecule has 2 atom stereocenters. The van der Waals surface area contributed by atoms with Crippen LogP contribution in [0.15, 0.2) is 30.3 Å². The van der Waals surface area contributed by atoms with Gasteiger partial charge in [0.05, 0.1) is 0 Å². The SMILES string of the molecule is CC1CN[C@@H](c2ccccc2)CC1=O. The summed E-state index contributed by atoms with van der Waals surface area (Å²) in [6.45, 7) is 2.79. The summed E-state index contributed by atoms with van der Waals surface area (Å²) in [5.41, 5.74) is 1.22. The van der Waals surface area contributed by atoms with E-state index in [1.807, 2.05) is 25.1 Å². The molecule has 1 aliphatic heterocycles. The molecule has 2 nitrogen and oxygen atoms in total. The van der Waals surface area contributed by atoms with E-state index in [1.165, 1.54) is 5.56 Å². The number of nitrogens with one attached hydrogen (secondary N) is 1. The summed E-state index contributed by atoms with van der Waals surface area (Å²) in [6, 6.07) is 10.4. The Bertz CT molecular complexity index is 320. The summed E-state index contributed by atoms with van der Waals surface area (Å²) in [4.78, 5) is 11.5. The van der Waals surface area contributed by atoms with Gasteiger partial charge in [-0.1, -0.05) is 37.3 Å². The molecule has 0 saturated carbocycles. The highest BCUT2D eigenvalue weighted by Crippen LogP contribution is 2.22. The molecule has 1 N–H and O–H groups in total. The normalized spacial score (nSPS) is 27.6. The van der Waals surface area contributed by atoms with E-state index in [2.05, 4.69) is 17.4 Å². The lowest BCUT2D eigenvalue weighted by Gasteiger charge is -2.27. The lowest BCUT2D eigenvalue weighted by Crippen LogP contribution is -2.37. The van der Waals surface area contributed by atoms with Gasteiger partial charge >= 0.3 is 0 Å². The van der Waals surface area contributed by atoms with Gasteiger partial charge in [0.15, 0.2) is 0 Å². The molecule has 74 valence electrons. The Labute approximate surface area is 84.3 Å². The van der Waals surface area contributed by atoms with Crippen LogP contribution >= 0.6 is 0 Å². The number of hydrogen-bond donors (Lipinski definition) is 1. The van der Waals surface area contributed by atoms with Crippen LogP contribution in [0.2, 0.25) is 0 Å². The lowest BCUT2D eigenvalue weighted by molar-refractivity contribution is -0.124. The predicted molar refractivity (Wildman–Crippen MR) is 56.0 cm³/mol. The third kappa shape index (κ3) is 1.85. The minimum Gasteiger partial charge on any atom is -0.309 e. The highest BCUT2D eigenvalue weighted by Gasteiger charge is 2.25. The molecule has 1 aliphatic rings. The number of carbonyl (C=O) groups excluding carboxylic acids is 1. The number of hydrogen-bond acceptors (Lipinski definition) is 2. The fraction of sp³-hybridized carbons (Fsp3) is 0.417. The Morgan fingerprint density at radius 3 is 2.64 bits per heavy atom. The van der Waals surface area contributed by atoms with Crippen molar-refractivity contribution >= 4 is 5.78 Å². The van der Waals surface area contributed by atoms with Gasteiger partial charge in [0.1, 0.15) is 5.78 Å². The monoisotopic (exact) mass is 189 g/mol. The number of benzene rings is 1. The van der Waals surface area contributed by atoms with E-state index >= 15 is 0 Å². The van der Waals surface area contributed by atoms with Crippen LogP contribution in [0.1, 0.15) is 24.9 Å². The van der Waals surface area contributed by atoms with Gasteiger partial charge < -0.3 is 5.32 Å². The second kappa shape index (κ2) is 3.93. The molecule has 0 aromatic heterocycles. The van der Waals surface area contributed by atoms with Crippen molar-refractivity contribution in [3.63, 3.8) is 0 Å². The van der Waals surface area contributed by atoms with Crippen molar-refractivity contribution in [3.05, 3.63) is 35.9 Å². The van der Waals surface area contributed by atoms with Gasteiger partial charge in [0.2, 0.25) is 0 Å². The highest BCUT2D eigenvalue weighted by molar-refractivity contribution is 5.82. The first-order chi connectivity index (χ1) is 6.77. The van der Waals surface area contributed by atoms with Gasteiger partial charge in [-0.05, 0) is 5.56 Å². The summed E-state index contributed by atoms with van der Waals surface area (Å²) in [5.74, 6) is 0.549. The topological polar surface area (TPSA) is 29.1 Å². The average molecular weight is 189 g/mol. The molecule has 1 aromatic rings. The molecular formula is C12H15NO. The van der Waals surface area contributed by atoms with Gasteiger partial charge in [-0.25, -0.2) is 0 Å².